The fourth-order valence-corrected chi connectivity index (χ4v) is 5.33. The van der Waals surface area contributed by atoms with Crippen LogP contribution in [0.4, 0.5) is 11.4 Å². The third kappa shape index (κ3) is 8.17. The molecule has 4 aromatic rings. The molecule has 0 bridgehead atoms. The predicted octanol–water partition coefficient (Wildman–Crippen LogP) is 8.48. The quantitative estimate of drug-likeness (QED) is 0.127. The van der Waals surface area contributed by atoms with Gasteiger partial charge in [0.2, 0.25) is 5.91 Å². The van der Waals surface area contributed by atoms with Crippen molar-refractivity contribution >= 4 is 81.7 Å². The van der Waals surface area contributed by atoms with Crippen LogP contribution in [0, 0.1) is 6.92 Å². The third-order valence-electron chi connectivity index (χ3n) is 6.14. The Bertz CT molecular complexity index is 1620. The van der Waals surface area contributed by atoms with E-state index in [-0.39, 0.29) is 11.6 Å². The van der Waals surface area contributed by atoms with Gasteiger partial charge in [0, 0.05) is 42.5 Å². The van der Waals surface area contributed by atoms with Gasteiger partial charge in [-0.15, -0.1) is 11.8 Å². The lowest BCUT2D eigenvalue weighted by atomic mass is 10.1. The minimum atomic E-state index is -0.569. The Morgan fingerprint density at radius 1 is 0.762 bits per heavy atom. The molecule has 10 heteroatoms. The summed E-state index contributed by atoms with van der Waals surface area (Å²) in [7, 11) is 0. The van der Waals surface area contributed by atoms with Crippen molar-refractivity contribution < 1.29 is 14.4 Å². The molecule has 0 saturated heterocycles. The van der Waals surface area contributed by atoms with Crippen molar-refractivity contribution in [2.24, 2.45) is 0 Å². The first-order valence-electron chi connectivity index (χ1n) is 12.8. The van der Waals surface area contributed by atoms with E-state index in [9.17, 15) is 14.4 Å². The Labute approximate surface area is 263 Å². The monoisotopic (exact) mass is 637 g/mol. The molecule has 0 radical (unpaired) electrons. The predicted molar refractivity (Wildman–Crippen MR) is 174 cm³/mol. The maximum Gasteiger partial charge on any atom is 0.272 e. The first-order valence-corrected chi connectivity index (χ1v) is 14.8. The molecule has 0 heterocycles. The molecule has 0 spiro atoms. The smallest absolute Gasteiger partial charge is 0.272 e. The number of anilines is 2. The Balaban J connectivity index is 1.46. The van der Waals surface area contributed by atoms with Gasteiger partial charge in [-0.05, 0) is 86.2 Å². The summed E-state index contributed by atoms with van der Waals surface area (Å²) in [4.78, 5) is 39.8. The number of hydrogen-bond acceptors (Lipinski definition) is 4. The number of halogens is 3. The molecule has 4 rings (SSSR count). The zero-order chi connectivity index (χ0) is 30.2. The Hall–Kier alpha value is -3.75. The Kier molecular flexibility index (Phi) is 10.7. The summed E-state index contributed by atoms with van der Waals surface area (Å²) < 4.78 is 0. The van der Waals surface area contributed by atoms with E-state index in [0.29, 0.717) is 37.6 Å². The molecule has 1 atom stereocenters. The summed E-state index contributed by atoms with van der Waals surface area (Å²) in [5.74, 6) is -1.20. The van der Waals surface area contributed by atoms with Crippen LogP contribution >= 0.6 is 46.6 Å². The number of hydrogen-bond donors (Lipinski definition) is 3. The fraction of sp³-hybridized carbons (Fsp3) is 0.0938. The van der Waals surface area contributed by atoms with Gasteiger partial charge in [-0.2, -0.15) is 0 Å². The highest BCUT2D eigenvalue weighted by molar-refractivity contribution is 8.00. The maximum absolute atomic E-state index is 13.3. The number of carbonyl (C=O) groups is 3. The number of carbonyl (C=O) groups excluding carboxylic acids is 3. The number of amides is 3. The summed E-state index contributed by atoms with van der Waals surface area (Å²) in [6.07, 6.45) is 1.44. The van der Waals surface area contributed by atoms with Crippen molar-refractivity contribution in [3.8, 4) is 0 Å². The average Bonchev–Trinajstić information content (AvgIpc) is 2.98. The van der Waals surface area contributed by atoms with Gasteiger partial charge < -0.3 is 16.0 Å². The molecule has 4 aromatic carbocycles. The van der Waals surface area contributed by atoms with Crippen LogP contribution < -0.4 is 16.0 Å². The second kappa shape index (κ2) is 14.4. The molecule has 1 unspecified atom stereocenters. The molecule has 0 aliphatic carbocycles. The van der Waals surface area contributed by atoms with Gasteiger partial charge in [-0.3, -0.25) is 14.4 Å². The standard InChI is InChI=1S/C32H26Cl3N3O3S/c1-19-25(33)10-7-13-28(19)37-30(39)20(2)42-23-16-14-22(15-17-23)36-32(41)29(18-24-26(34)11-6-12-27(24)35)38-31(40)21-8-4-3-5-9-21/h3-18,20H,1-2H3,(H,36,41)(H,37,39)(H,38,40)/b29-18-. The number of nitrogens with one attached hydrogen (secondary N) is 3. The Morgan fingerprint density at radius 2 is 1.38 bits per heavy atom. The van der Waals surface area contributed by atoms with Crippen molar-refractivity contribution in [2.75, 3.05) is 10.6 Å². The summed E-state index contributed by atoms with van der Waals surface area (Å²) in [5.41, 5.74) is 2.69. The summed E-state index contributed by atoms with van der Waals surface area (Å²) in [5, 5.41) is 9.22. The van der Waals surface area contributed by atoms with Gasteiger partial charge >= 0.3 is 0 Å². The maximum atomic E-state index is 13.3. The SMILES string of the molecule is Cc1c(Cl)cccc1NC(=O)C(C)Sc1ccc(NC(=O)/C(=C/c2c(Cl)cccc2Cl)NC(=O)c2ccccc2)cc1. The highest BCUT2D eigenvalue weighted by Crippen LogP contribution is 2.29. The van der Waals surface area contributed by atoms with E-state index < -0.39 is 17.1 Å². The van der Waals surface area contributed by atoms with E-state index in [1.54, 1.807) is 91.0 Å². The largest absolute Gasteiger partial charge is 0.325 e. The fourth-order valence-electron chi connectivity index (χ4n) is 3.79. The van der Waals surface area contributed by atoms with E-state index in [0.717, 1.165) is 10.5 Å². The molecule has 3 amide bonds. The number of thioether (sulfide) groups is 1. The van der Waals surface area contributed by atoms with E-state index in [2.05, 4.69) is 16.0 Å². The topological polar surface area (TPSA) is 87.3 Å². The molecule has 0 fully saturated rings. The molecule has 0 aromatic heterocycles. The van der Waals surface area contributed by atoms with Crippen LogP contribution in [0.5, 0.6) is 0 Å². The van der Waals surface area contributed by atoms with Crippen molar-refractivity contribution in [1.82, 2.24) is 5.32 Å². The van der Waals surface area contributed by atoms with Crippen molar-refractivity contribution in [1.29, 1.82) is 0 Å². The average molecular weight is 639 g/mol. The summed E-state index contributed by atoms with van der Waals surface area (Å²) >= 11 is 20.2. The van der Waals surface area contributed by atoms with Crippen molar-refractivity contribution in [3.63, 3.8) is 0 Å². The third-order valence-corrected chi connectivity index (χ3v) is 8.32. The first kappa shape index (κ1) is 31.2. The first-order chi connectivity index (χ1) is 20.1. The molecule has 6 nitrogen and oxygen atoms in total. The molecule has 0 saturated carbocycles. The van der Waals surface area contributed by atoms with E-state index in [4.69, 9.17) is 34.8 Å². The van der Waals surface area contributed by atoms with Gasteiger partial charge in [0.05, 0.1) is 5.25 Å². The summed E-state index contributed by atoms with van der Waals surface area (Å²) in [6.45, 7) is 3.65. The van der Waals surface area contributed by atoms with Gasteiger partial charge in [-0.1, -0.05) is 65.1 Å². The molecule has 0 aliphatic rings. The molecule has 0 aliphatic heterocycles. The molecule has 42 heavy (non-hydrogen) atoms. The molecular weight excluding hydrogens is 613 g/mol. The van der Waals surface area contributed by atoms with Crippen LogP contribution in [0.15, 0.2) is 102 Å². The minimum absolute atomic E-state index is 0.0427. The van der Waals surface area contributed by atoms with Crippen LogP contribution in [0.1, 0.15) is 28.4 Å². The summed E-state index contributed by atoms with van der Waals surface area (Å²) in [6, 6.07) is 25.9. The van der Waals surface area contributed by atoms with E-state index in [1.165, 1.54) is 17.8 Å². The molecule has 3 N–H and O–H groups in total. The molecule has 214 valence electrons. The second-order valence-corrected chi connectivity index (χ2v) is 11.8. The minimum Gasteiger partial charge on any atom is -0.325 e. The van der Waals surface area contributed by atoms with Crippen LogP contribution in [0.2, 0.25) is 15.1 Å². The van der Waals surface area contributed by atoms with Crippen LogP contribution in [0.25, 0.3) is 6.08 Å². The van der Waals surface area contributed by atoms with Gasteiger partial charge in [-0.25, -0.2) is 0 Å². The van der Waals surface area contributed by atoms with Crippen molar-refractivity contribution in [2.45, 2.75) is 24.0 Å². The van der Waals surface area contributed by atoms with Gasteiger partial charge in [0.15, 0.2) is 0 Å². The van der Waals surface area contributed by atoms with Crippen LogP contribution in [-0.4, -0.2) is 23.0 Å². The number of benzene rings is 4. The lowest BCUT2D eigenvalue weighted by molar-refractivity contribution is -0.115. The van der Waals surface area contributed by atoms with E-state index in [1.807, 2.05) is 13.8 Å². The van der Waals surface area contributed by atoms with Crippen LogP contribution in [-0.2, 0) is 9.59 Å². The normalized spacial score (nSPS) is 11.9. The number of rotatable bonds is 9. The van der Waals surface area contributed by atoms with Gasteiger partial charge in [0.1, 0.15) is 5.70 Å². The lowest BCUT2D eigenvalue weighted by Crippen LogP contribution is -2.30. The van der Waals surface area contributed by atoms with Crippen molar-refractivity contribution in [3.05, 3.63) is 128 Å². The highest BCUT2D eigenvalue weighted by Gasteiger charge is 2.18. The second-order valence-electron chi connectivity index (χ2n) is 9.15. The zero-order valence-electron chi connectivity index (χ0n) is 22.6. The zero-order valence-corrected chi connectivity index (χ0v) is 25.7. The Morgan fingerprint density at radius 3 is 2.05 bits per heavy atom. The lowest BCUT2D eigenvalue weighted by Gasteiger charge is -2.15. The van der Waals surface area contributed by atoms with Gasteiger partial charge in [0.25, 0.3) is 11.8 Å². The van der Waals surface area contributed by atoms with E-state index >= 15 is 0 Å². The molecular formula is C32H26Cl3N3O3S. The highest BCUT2D eigenvalue weighted by atomic mass is 35.5. The van der Waals surface area contributed by atoms with Crippen LogP contribution in [0.3, 0.4) is 0 Å².